The van der Waals surface area contributed by atoms with Crippen molar-refractivity contribution >= 4 is 13.7 Å². The van der Waals surface area contributed by atoms with E-state index in [9.17, 15) is 27.4 Å². The van der Waals surface area contributed by atoms with E-state index in [-0.39, 0.29) is 19.4 Å². The summed E-state index contributed by atoms with van der Waals surface area (Å²) in [5.41, 5.74) is 1.61. The number of carbonyl (C=O) groups excluding carboxylic acids is 1. The van der Waals surface area contributed by atoms with Crippen molar-refractivity contribution in [3.63, 3.8) is 0 Å². The van der Waals surface area contributed by atoms with Gasteiger partial charge in [0.25, 0.3) is 0 Å². The molecule has 1 rings (SSSR count). The lowest BCUT2D eigenvalue weighted by Gasteiger charge is -2.12. The lowest BCUT2D eigenvalue weighted by molar-refractivity contribution is -0.137. The third-order valence-corrected chi connectivity index (χ3v) is 4.54. The Labute approximate surface area is 156 Å². The van der Waals surface area contributed by atoms with E-state index in [1.54, 1.807) is 0 Å². The molecule has 0 saturated heterocycles. The normalized spacial score (nSPS) is 14.0. The maximum atomic E-state index is 12.5. The molecular weight excluding hydrogens is 386 g/mol. The molecule has 0 bridgehead atoms. The van der Waals surface area contributed by atoms with Gasteiger partial charge in [-0.05, 0) is 30.5 Å². The van der Waals surface area contributed by atoms with E-state index in [0.717, 1.165) is 37.8 Å². The van der Waals surface area contributed by atoms with E-state index in [0.29, 0.717) is 12.0 Å². The van der Waals surface area contributed by atoms with Gasteiger partial charge in [-0.25, -0.2) is 10.0 Å². The van der Waals surface area contributed by atoms with Crippen molar-refractivity contribution in [3.8, 4) is 0 Å². The smallest absolute Gasteiger partial charge is 0.301 e. The lowest BCUT2D eigenvalue weighted by atomic mass is 10.1. The van der Waals surface area contributed by atoms with Crippen LogP contribution < -0.4 is 5.48 Å². The number of alkyl halides is 3. The molecule has 154 valence electrons. The average Bonchev–Trinajstić information content (AvgIpc) is 2.59. The third kappa shape index (κ3) is 10.5. The second kappa shape index (κ2) is 11.4. The van der Waals surface area contributed by atoms with Gasteiger partial charge < -0.3 is 4.89 Å². The van der Waals surface area contributed by atoms with Crippen LogP contribution >= 0.6 is 7.82 Å². The first-order chi connectivity index (χ1) is 12.6. The Kier molecular flexibility index (Phi) is 10.0. The first-order valence-corrected chi connectivity index (χ1v) is 10.2. The van der Waals surface area contributed by atoms with Crippen molar-refractivity contribution in [2.45, 2.75) is 58.0 Å². The molecular formula is C17H25F3NO5P. The number of hydroxylamine groups is 1. The highest BCUT2D eigenvalue weighted by Gasteiger charge is 2.30. The van der Waals surface area contributed by atoms with Crippen LogP contribution in [-0.4, -0.2) is 17.4 Å². The standard InChI is InChI=1S/C17H25F3NO5P/c1-2-3-4-5-6-7-16(22)21-26-27(23,24)25-13-12-14-8-10-15(11-9-14)17(18,19)20/h8-11H,2-7,12-13H2,1H3,(H,21,22)(H,23,24). The summed E-state index contributed by atoms with van der Waals surface area (Å²) in [5, 5.41) is 0. The molecule has 0 aliphatic rings. The number of hydrogen-bond acceptors (Lipinski definition) is 4. The topological polar surface area (TPSA) is 84.9 Å². The van der Waals surface area contributed by atoms with Crippen LogP contribution in [0.1, 0.15) is 56.6 Å². The van der Waals surface area contributed by atoms with Crippen molar-refractivity contribution < 1.29 is 36.6 Å². The highest BCUT2D eigenvalue weighted by Crippen LogP contribution is 2.42. The maximum absolute atomic E-state index is 12.5. The summed E-state index contributed by atoms with van der Waals surface area (Å²) in [4.78, 5) is 21.0. The number of halogens is 3. The number of phosphoric acid groups is 1. The van der Waals surface area contributed by atoms with Gasteiger partial charge in [0.05, 0.1) is 12.2 Å². The molecule has 0 fully saturated rings. The van der Waals surface area contributed by atoms with E-state index >= 15 is 0 Å². The highest BCUT2D eigenvalue weighted by atomic mass is 31.2. The number of phosphoric ester groups is 1. The molecule has 27 heavy (non-hydrogen) atoms. The Morgan fingerprint density at radius 3 is 2.37 bits per heavy atom. The molecule has 1 aromatic carbocycles. The van der Waals surface area contributed by atoms with Gasteiger partial charge in [0, 0.05) is 6.42 Å². The average molecular weight is 411 g/mol. The monoisotopic (exact) mass is 411 g/mol. The van der Waals surface area contributed by atoms with Crippen LogP contribution in [0.2, 0.25) is 0 Å². The largest absolute Gasteiger partial charge is 0.493 e. The first kappa shape index (κ1) is 23.6. The predicted molar refractivity (Wildman–Crippen MR) is 93.5 cm³/mol. The van der Waals surface area contributed by atoms with Crippen LogP contribution in [-0.2, 0) is 31.1 Å². The minimum Gasteiger partial charge on any atom is -0.301 e. The minimum atomic E-state index is -4.48. The zero-order valence-electron chi connectivity index (χ0n) is 15.1. The number of carbonyl (C=O) groups is 1. The van der Waals surface area contributed by atoms with Crippen molar-refractivity contribution in [1.82, 2.24) is 5.48 Å². The zero-order valence-corrected chi connectivity index (χ0v) is 16.0. The van der Waals surface area contributed by atoms with Gasteiger partial charge in [-0.2, -0.15) is 17.8 Å². The summed E-state index contributed by atoms with van der Waals surface area (Å²) in [6.45, 7) is 1.82. The predicted octanol–water partition coefficient (Wildman–Crippen LogP) is 4.77. The van der Waals surface area contributed by atoms with Gasteiger partial charge in [-0.3, -0.25) is 9.32 Å². The Hall–Kier alpha value is -1.41. The van der Waals surface area contributed by atoms with E-state index in [2.05, 4.69) is 11.5 Å². The van der Waals surface area contributed by atoms with Crippen molar-refractivity contribution in [2.24, 2.45) is 0 Å². The van der Waals surface area contributed by atoms with Crippen LogP contribution in [0.15, 0.2) is 24.3 Å². The number of benzene rings is 1. The number of hydrogen-bond donors (Lipinski definition) is 2. The summed E-state index contributed by atoms with van der Waals surface area (Å²) < 4.78 is 58.2. The molecule has 0 saturated carbocycles. The molecule has 1 amide bonds. The second-order valence-electron chi connectivity index (χ2n) is 6.03. The molecule has 0 spiro atoms. The van der Waals surface area contributed by atoms with Crippen LogP contribution in [0.5, 0.6) is 0 Å². The molecule has 1 aromatic rings. The fourth-order valence-corrected chi connectivity index (χ4v) is 2.81. The summed E-state index contributed by atoms with van der Waals surface area (Å²) >= 11 is 0. The molecule has 0 aliphatic carbocycles. The van der Waals surface area contributed by atoms with Crippen LogP contribution in [0, 0.1) is 0 Å². The molecule has 0 radical (unpaired) electrons. The number of amides is 1. The molecule has 10 heteroatoms. The van der Waals surface area contributed by atoms with E-state index in [4.69, 9.17) is 4.52 Å². The molecule has 0 aliphatic heterocycles. The molecule has 0 aromatic heterocycles. The summed E-state index contributed by atoms with van der Waals surface area (Å²) in [7, 11) is -4.48. The van der Waals surface area contributed by atoms with Crippen molar-refractivity contribution in [3.05, 3.63) is 35.4 Å². The Morgan fingerprint density at radius 1 is 1.15 bits per heavy atom. The van der Waals surface area contributed by atoms with E-state index in [1.165, 1.54) is 12.1 Å². The minimum absolute atomic E-state index is 0.109. The molecule has 1 unspecified atom stereocenters. The lowest BCUT2D eigenvalue weighted by Crippen LogP contribution is -2.22. The quantitative estimate of drug-likeness (QED) is 0.294. The van der Waals surface area contributed by atoms with Gasteiger partial charge in [-0.1, -0.05) is 44.7 Å². The van der Waals surface area contributed by atoms with Gasteiger partial charge in [0.2, 0.25) is 5.91 Å². The summed E-state index contributed by atoms with van der Waals surface area (Å²) in [6, 6.07) is 4.36. The Bertz CT molecular complexity index is 622. The SMILES string of the molecule is CCCCCCCC(=O)NOP(=O)(O)OCCc1ccc(C(F)(F)F)cc1. The second-order valence-corrected chi connectivity index (χ2v) is 7.41. The first-order valence-electron chi connectivity index (χ1n) is 8.75. The van der Waals surface area contributed by atoms with Crippen LogP contribution in [0.25, 0.3) is 0 Å². The Balaban J connectivity index is 2.26. The molecule has 1 atom stereocenters. The van der Waals surface area contributed by atoms with Crippen LogP contribution in [0.4, 0.5) is 13.2 Å². The number of nitrogens with one attached hydrogen (secondary N) is 1. The van der Waals surface area contributed by atoms with E-state index in [1.807, 2.05) is 5.48 Å². The molecule has 0 heterocycles. The zero-order chi connectivity index (χ0) is 20.3. The van der Waals surface area contributed by atoms with Gasteiger partial charge in [-0.15, -0.1) is 0 Å². The Morgan fingerprint density at radius 2 is 1.78 bits per heavy atom. The van der Waals surface area contributed by atoms with Crippen LogP contribution in [0.3, 0.4) is 0 Å². The van der Waals surface area contributed by atoms with E-state index < -0.39 is 25.5 Å². The van der Waals surface area contributed by atoms with Gasteiger partial charge in [0.1, 0.15) is 0 Å². The highest BCUT2D eigenvalue weighted by molar-refractivity contribution is 7.47. The third-order valence-electron chi connectivity index (χ3n) is 3.71. The van der Waals surface area contributed by atoms with Gasteiger partial charge in [0.15, 0.2) is 0 Å². The number of rotatable bonds is 12. The van der Waals surface area contributed by atoms with Crippen molar-refractivity contribution in [1.29, 1.82) is 0 Å². The molecule has 2 N–H and O–H groups in total. The number of unbranched alkanes of at least 4 members (excludes halogenated alkanes) is 4. The summed E-state index contributed by atoms with van der Waals surface area (Å²) in [6.07, 6.45) is 0.617. The fourth-order valence-electron chi connectivity index (χ4n) is 2.21. The van der Waals surface area contributed by atoms with Gasteiger partial charge >= 0.3 is 14.0 Å². The fraction of sp³-hybridized carbons (Fsp3) is 0.588. The maximum Gasteiger partial charge on any atom is 0.493 e. The molecule has 6 nitrogen and oxygen atoms in total. The van der Waals surface area contributed by atoms with Crippen molar-refractivity contribution in [2.75, 3.05) is 6.61 Å². The summed E-state index contributed by atoms with van der Waals surface area (Å²) in [5.74, 6) is -0.521.